The highest BCUT2D eigenvalue weighted by molar-refractivity contribution is 7.16. The Morgan fingerprint density at radius 3 is 2.56 bits per heavy atom. The van der Waals surface area contributed by atoms with Crippen molar-refractivity contribution in [2.45, 2.75) is 38.5 Å². The molecule has 0 spiro atoms. The molecule has 4 rings (SSSR count). The number of fused-ring (bicyclic) bond motifs is 1. The molecular formula is C27H29Cl2N3O3S. The number of aromatic nitrogens is 1. The lowest BCUT2D eigenvalue weighted by atomic mass is 10.0. The minimum absolute atomic E-state index is 0.00246. The van der Waals surface area contributed by atoms with Crippen molar-refractivity contribution in [3.05, 3.63) is 96.6 Å². The maximum absolute atomic E-state index is 11.7. The zero-order valence-corrected chi connectivity index (χ0v) is 22.2. The van der Waals surface area contributed by atoms with Crippen LogP contribution in [0.4, 0.5) is 0 Å². The molecule has 9 heteroatoms. The predicted molar refractivity (Wildman–Crippen MR) is 149 cm³/mol. The molecule has 0 saturated carbocycles. The van der Waals surface area contributed by atoms with Crippen LogP contribution in [0, 0.1) is 0 Å². The van der Waals surface area contributed by atoms with Gasteiger partial charge in [0.1, 0.15) is 11.3 Å². The average molecular weight is 547 g/mol. The maximum atomic E-state index is 11.7. The molecule has 1 heterocycles. The molecule has 0 aliphatic rings. The highest BCUT2D eigenvalue weighted by Gasteiger charge is 2.17. The van der Waals surface area contributed by atoms with Gasteiger partial charge in [-0.2, -0.15) is 0 Å². The molecule has 0 amide bonds. The second-order valence-electron chi connectivity index (χ2n) is 8.87. The van der Waals surface area contributed by atoms with Crippen LogP contribution in [0.25, 0.3) is 10.2 Å². The SMILES string of the molecule is C[C@@H](Cc1cccc(CNCCc2c(Cl)cccc2Cl)c1)NC[C@H](O)c1ccc(O)c2[nH]c(=O)sc12. The zero-order valence-electron chi connectivity index (χ0n) is 19.9. The quantitative estimate of drug-likeness (QED) is 0.167. The number of rotatable bonds is 11. The number of thiazole rings is 1. The van der Waals surface area contributed by atoms with Gasteiger partial charge in [0.05, 0.1) is 10.8 Å². The summed E-state index contributed by atoms with van der Waals surface area (Å²) < 4.78 is 0.582. The Bertz CT molecular complexity index is 1370. The number of aromatic hydroxyl groups is 1. The van der Waals surface area contributed by atoms with Gasteiger partial charge < -0.3 is 25.8 Å². The van der Waals surface area contributed by atoms with Crippen molar-refractivity contribution in [1.29, 1.82) is 0 Å². The van der Waals surface area contributed by atoms with Crippen LogP contribution in [-0.4, -0.2) is 34.3 Å². The number of aromatic amines is 1. The van der Waals surface area contributed by atoms with E-state index in [1.54, 1.807) is 6.07 Å². The Hall–Kier alpha value is -2.39. The van der Waals surface area contributed by atoms with Gasteiger partial charge in [0.25, 0.3) is 0 Å². The molecule has 190 valence electrons. The van der Waals surface area contributed by atoms with Crippen molar-refractivity contribution < 1.29 is 10.2 Å². The van der Waals surface area contributed by atoms with Crippen molar-refractivity contribution in [3.63, 3.8) is 0 Å². The summed E-state index contributed by atoms with van der Waals surface area (Å²) >= 11 is 13.5. The fraction of sp³-hybridized carbons (Fsp3) is 0.296. The Balaban J connectivity index is 1.27. The molecule has 0 bridgehead atoms. The van der Waals surface area contributed by atoms with Crippen LogP contribution in [0.5, 0.6) is 5.75 Å². The van der Waals surface area contributed by atoms with Crippen molar-refractivity contribution in [2.24, 2.45) is 0 Å². The van der Waals surface area contributed by atoms with E-state index in [1.807, 2.05) is 18.2 Å². The Morgan fingerprint density at radius 1 is 1.06 bits per heavy atom. The first kappa shape index (κ1) is 26.7. The molecule has 6 nitrogen and oxygen atoms in total. The minimum atomic E-state index is -0.802. The van der Waals surface area contributed by atoms with E-state index in [0.29, 0.717) is 32.4 Å². The molecular weight excluding hydrogens is 517 g/mol. The van der Waals surface area contributed by atoms with Crippen LogP contribution in [0.1, 0.15) is 35.3 Å². The molecule has 0 fully saturated rings. The summed E-state index contributed by atoms with van der Waals surface area (Å²) in [5, 5.41) is 28.9. The third-order valence-electron chi connectivity index (χ3n) is 6.08. The molecule has 0 aliphatic carbocycles. The van der Waals surface area contributed by atoms with Crippen LogP contribution in [0.2, 0.25) is 10.0 Å². The molecule has 3 aromatic carbocycles. The van der Waals surface area contributed by atoms with E-state index < -0.39 is 6.10 Å². The van der Waals surface area contributed by atoms with Gasteiger partial charge in [-0.15, -0.1) is 0 Å². The first-order chi connectivity index (χ1) is 17.3. The molecule has 0 radical (unpaired) electrons. The standard InChI is InChI=1S/C27H29Cl2N3O3S/c1-16(31-15-24(34)20-8-9-23(33)25-26(20)36-27(35)32-25)12-17-4-2-5-18(13-17)14-30-11-10-19-21(28)6-3-7-22(19)29/h2-9,13,16,24,30-31,33-34H,10-12,14-15H2,1H3,(H,32,35)/t16-,24-/m0/s1. The monoisotopic (exact) mass is 545 g/mol. The van der Waals surface area contributed by atoms with Crippen LogP contribution in [0.3, 0.4) is 0 Å². The van der Waals surface area contributed by atoms with Gasteiger partial charge in [0.2, 0.25) is 0 Å². The van der Waals surface area contributed by atoms with Crippen LogP contribution < -0.4 is 15.5 Å². The minimum Gasteiger partial charge on any atom is -0.506 e. The van der Waals surface area contributed by atoms with Crippen LogP contribution >= 0.6 is 34.5 Å². The Labute approximate surface area is 223 Å². The van der Waals surface area contributed by atoms with Crippen LogP contribution in [0.15, 0.2) is 59.4 Å². The number of phenols is 1. The van der Waals surface area contributed by atoms with Gasteiger partial charge in [-0.3, -0.25) is 4.79 Å². The summed E-state index contributed by atoms with van der Waals surface area (Å²) in [5.74, 6) is 0.00246. The van der Waals surface area contributed by atoms with Gasteiger partial charge in [-0.25, -0.2) is 0 Å². The van der Waals surface area contributed by atoms with Gasteiger partial charge in [-0.1, -0.05) is 70.9 Å². The number of hydrogen-bond acceptors (Lipinski definition) is 6. The average Bonchev–Trinajstić information content (AvgIpc) is 3.24. The summed E-state index contributed by atoms with van der Waals surface area (Å²) in [6, 6.07) is 17.3. The van der Waals surface area contributed by atoms with Gasteiger partial charge in [-0.05, 0) is 61.2 Å². The third kappa shape index (κ3) is 6.68. The van der Waals surface area contributed by atoms with E-state index in [2.05, 4.69) is 46.8 Å². The Kier molecular flexibility index (Phi) is 9.06. The first-order valence-electron chi connectivity index (χ1n) is 11.8. The maximum Gasteiger partial charge on any atom is 0.305 e. The number of phenolic OH excluding ortho intramolecular Hbond substituents is 1. The highest BCUT2D eigenvalue weighted by atomic mass is 35.5. The molecule has 36 heavy (non-hydrogen) atoms. The molecule has 5 N–H and O–H groups in total. The van der Waals surface area contributed by atoms with E-state index in [1.165, 1.54) is 17.2 Å². The number of aliphatic hydroxyl groups is 1. The van der Waals surface area contributed by atoms with Crippen molar-refractivity contribution >= 4 is 44.8 Å². The van der Waals surface area contributed by atoms with E-state index in [4.69, 9.17) is 23.2 Å². The molecule has 4 aromatic rings. The smallest absolute Gasteiger partial charge is 0.305 e. The number of halogens is 2. The van der Waals surface area contributed by atoms with Crippen molar-refractivity contribution in [3.8, 4) is 5.75 Å². The molecule has 0 saturated heterocycles. The van der Waals surface area contributed by atoms with E-state index in [9.17, 15) is 15.0 Å². The highest BCUT2D eigenvalue weighted by Crippen LogP contribution is 2.31. The second-order valence-corrected chi connectivity index (χ2v) is 10.7. The molecule has 2 atom stereocenters. The number of H-pyrrole nitrogens is 1. The van der Waals surface area contributed by atoms with E-state index >= 15 is 0 Å². The number of benzene rings is 3. The van der Waals surface area contributed by atoms with Crippen molar-refractivity contribution in [2.75, 3.05) is 13.1 Å². The van der Waals surface area contributed by atoms with Gasteiger partial charge >= 0.3 is 4.87 Å². The summed E-state index contributed by atoms with van der Waals surface area (Å²) in [5.41, 5.74) is 4.35. The fourth-order valence-electron chi connectivity index (χ4n) is 4.23. The largest absolute Gasteiger partial charge is 0.506 e. The number of nitrogens with one attached hydrogen (secondary N) is 3. The molecule has 1 aromatic heterocycles. The topological polar surface area (TPSA) is 97.4 Å². The predicted octanol–water partition coefficient (Wildman–Crippen LogP) is 5.19. The van der Waals surface area contributed by atoms with E-state index in [-0.39, 0.29) is 16.7 Å². The fourth-order valence-corrected chi connectivity index (χ4v) is 5.74. The zero-order chi connectivity index (χ0) is 25.7. The first-order valence-corrected chi connectivity index (χ1v) is 13.4. The van der Waals surface area contributed by atoms with Gasteiger partial charge in [0, 0.05) is 34.7 Å². The molecule has 0 aliphatic heterocycles. The number of hydrogen-bond donors (Lipinski definition) is 5. The third-order valence-corrected chi connectivity index (χ3v) is 7.72. The van der Waals surface area contributed by atoms with Crippen molar-refractivity contribution in [1.82, 2.24) is 15.6 Å². The summed E-state index contributed by atoms with van der Waals surface area (Å²) in [4.78, 5) is 14.1. The number of aliphatic hydroxyl groups excluding tert-OH is 1. The lowest BCUT2D eigenvalue weighted by molar-refractivity contribution is 0.172. The Morgan fingerprint density at radius 2 is 1.78 bits per heavy atom. The summed E-state index contributed by atoms with van der Waals surface area (Å²) in [6.07, 6.45) is 0.761. The lowest BCUT2D eigenvalue weighted by Gasteiger charge is -2.18. The van der Waals surface area contributed by atoms with E-state index in [0.717, 1.165) is 42.8 Å². The molecule has 0 unspecified atom stereocenters. The second kappa shape index (κ2) is 12.2. The summed E-state index contributed by atoms with van der Waals surface area (Å²) in [7, 11) is 0. The normalized spacial score (nSPS) is 13.2. The van der Waals surface area contributed by atoms with Gasteiger partial charge in [0.15, 0.2) is 0 Å². The summed E-state index contributed by atoms with van der Waals surface area (Å²) in [6.45, 7) is 3.92. The lowest BCUT2D eigenvalue weighted by Crippen LogP contribution is -2.32. The van der Waals surface area contributed by atoms with Crippen LogP contribution in [-0.2, 0) is 19.4 Å².